The molecule has 0 amide bonds. The topological polar surface area (TPSA) is 314 Å². The molecule has 2 aromatic rings. The van der Waals surface area contributed by atoms with E-state index in [4.69, 9.17) is 81.4 Å². The second-order valence-electron chi connectivity index (χ2n) is 4.67. The number of nitrogens with two attached hydrogens (primary N) is 2. The van der Waals surface area contributed by atoms with E-state index >= 15 is 0 Å². The van der Waals surface area contributed by atoms with Crippen molar-refractivity contribution in [3.05, 3.63) is 35.2 Å². The first-order chi connectivity index (χ1) is 13.2. The Hall–Kier alpha value is -1.55. The molecular weight excluding hydrogens is 493 g/mol. The zero-order valence-corrected chi connectivity index (χ0v) is 18.0. The number of nitrogens with one attached hydrogen (secondary N) is 1. The van der Waals surface area contributed by atoms with Gasteiger partial charge < -0.3 is 60.5 Å². The number of aromatic nitrogens is 2. The minimum absolute atomic E-state index is 0.381. The Morgan fingerprint density at radius 2 is 1.10 bits per heavy atom. The van der Waals surface area contributed by atoms with Crippen LogP contribution in [0.1, 0.15) is 0 Å². The summed E-state index contributed by atoms with van der Waals surface area (Å²) in [6, 6.07) is 7.41. The van der Waals surface area contributed by atoms with Crippen molar-refractivity contribution in [2.75, 3.05) is 11.5 Å². The highest BCUT2D eigenvalue weighted by Gasteiger charge is 2.03. The van der Waals surface area contributed by atoms with Gasteiger partial charge in [0, 0.05) is 17.4 Å². The number of aromatic amines is 1. The first-order valence-corrected chi connectivity index (χ1v) is 11.8. The quantitative estimate of drug-likeness (QED) is 0.126. The molecule has 0 aliphatic carbocycles. The lowest BCUT2D eigenvalue weighted by Gasteiger charge is -2.04. The Morgan fingerprint density at radius 3 is 1.40 bits per heavy atom. The van der Waals surface area contributed by atoms with Crippen LogP contribution >= 0.6 is 35.7 Å². The molecule has 1 aromatic heterocycles. The molecule has 20 heteroatoms. The molecule has 0 spiro atoms. The van der Waals surface area contributed by atoms with E-state index in [9.17, 15) is 0 Å². The lowest BCUT2D eigenvalue weighted by molar-refractivity contribution is 0.272. The molecule has 16 nitrogen and oxygen atoms in total. The fourth-order valence-corrected chi connectivity index (χ4v) is 1.46. The average molecular weight is 512 g/mol. The van der Waals surface area contributed by atoms with Crippen molar-refractivity contribution in [1.82, 2.24) is 9.97 Å². The van der Waals surface area contributed by atoms with Gasteiger partial charge in [0.05, 0.1) is 0 Å². The van der Waals surface area contributed by atoms with Crippen LogP contribution < -0.4 is 11.5 Å². The van der Waals surface area contributed by atoms with Crippen molar-refractivity contribution in [2.45, 2.75) is 0 Å². The fourth-order valence-electron chi connectivity index (χ4n) is 1.30. The van der Waals surface area contributed by atoms with Crippen LogP contribution in [-0.4, -0.2) is 54.0 Å². The number of nitrogens with zero attached hydrogens (tertiary/aromatic N) is 1. The fraction of sp³-hybridized carbons (Fsp3) is 0. The van der Waals surface area contributed by atoms with Gasteiger partial charge in [0.2, 0.25) is 0 Å². The molecule has 0 saturated carbocycles. The van der Waals surface area contributed by atoms with Crippen LogP contribution in [0.4, 0.5) is 11.5 Å². The molecule has 0 aliphatic rings. The van der Waals surface area contributed by atoms with Gasteiger partial charge in [-0.15, -0.1) is 0 Å². The van der Waals surface area contributed by atoms with Gasteiger partial charge in [0.1, 0.15) is 5.82 Å². The Kier molecular flexibility index (Phi) is 13.3. The summed E-state index contributed by atoms with van der Waals surface area (Å²) in [5, 5.41) is 0. The van der Waals surface area contributed by atoms with Crippen molar-refractivity contribution in [3.63, 3.8) is 0 Å². The Labute approximate surface area is 173 Å². The summed E-state index contributed by atoms with van der Waals surface area (Å²) < 4.78 is 27.0. The minimum atomic E-state index is -4.64. The maximum absolute atomic E-state index is 8.88. The number of hydrogen-bond acceptors (Lipinski definition) is 7. The molecule has 0 radical (unpaired) electrons. The third-order valence-electron chi connectivity index (χ3n) is 2.06. The number of rotatable bonds is 1. The first-order valence-electron chi connectivity index (χ1n) is 6.73. The van der Waals surface area contributed by atoms with Gasteiger partial charge >= 0.3 is 23.5 Å². The van der Waals surface area contributed by atoms with Crippen LogP contribution in [0, 0.1) is 4.77 Å². The van der Waals surface area contributed by atoms with E-state index < -0.39 is 23.5 Å². The molecule has 0 atom stereocenters. The maximum atomic E-state index is 8.88. The Bertz CT molecular complexity index is 910. The molecule has 0 fully saturated rings. The van der Waals surface area contributed by atoms with Crippen LogP contribution in [-0.2, 0) is 13.7 Å². The van der Waals surface area contributed by atoms with Crippen molar-refractivity contribution < 1.29 is 57.7 Å². The molecule has 0 saturated heterocycles. The third-order valence-corrected chi connectivity index (χ3v) is 2.27. The smallest absolute Gasteiger partial charge is 0.399 e. The number of anilines is 2. The van der Waals surface area contributed by atoms with Gasteiger partial charge in [-0.25, -0.2) is 18.7 Å². The molecule has 1 heterocycles. The standard InChI is InChI=1S/C10H10N4S.3H3O4P/c11-7-3-1-6(2-4-7)8-5-13-10(15)14-9(8)12;3*1-5(2,3)4/h1-5H,11H2,(H3,12,13,14,15);3*(H3,1,2,3,4). The van der Waals surface area contributed by atoms with E-state index in [1.54, 1.807) is 6.20 Å². The normalized spacial score (nSPS) is 11.0. The SMILES string of the molecule is Nc1ccc(-c2c[nH]c(=S)nc2N)cc1.O=P(O)(O)O.O=P(O)(O)O.O=P(O)(O)O. The van der Waals surface area contributed by atoms with E-state index in [0.717, 1.165) is 11.1 Å². The maximum Gasteiger partial charge on any atom is 0.466 e. The summed E-state index contributed by atoms with van der Waals surface area (Å²) in [5.74, 6) is 0.420. The second kappa shape index (κ2) is 13.0. The van der Waals surface area contributed by atoms with Gasteiger partial charge in [-0.05, 0) is 29.9 Å². The third kappa shape index (κ3) is 26.4. The zero-order valence-electron chi connectivity index (χ0n) is 14.5. The molecule has 0 bridgehead atoms. The van der Waals surface area contributed by atoms with Gasteiger partial charge in [-0.2, -0.15) is 0 Å². The van der Waals surface area contributed by atoms with Crippen molar-refractivity contribution in [2.24, 2.45) is 0 Å². The van der Waals surface area contributed by atoms with Crippen LogP contribution in [0.3, 0.4) is 0 Å². The summed E-state index contributed by atoms with van der Waals surface area (Å²) in [4.78, 5) is 71.5. The van der Waals surface area contributed by atoms with E-state index in [1.165, 1.54) is 0 Å². The molecular formula is C10H19N4O12P3S. The van der Waals surface area contributed by atoms with E-state index in [-0.39, 0.29) is 0 Å². The molecule has 0 unspecified atom stereocenters. The van der Waals surface area contributed by atoms with Crippen LogP contribution in [0.5, 0.6) is 0 Å². The summed E-state index contributed by atoms with van der Waals surface area (Å²) in [6.45, 7) is 0. The number of benzene rings is 1. The van der Waals surface area contributed by atoms with E-state index in [0.29, 0.717) is 16.3 Å². The van der Waals surface area contributed by atoms with E-state index in [1.807, 2.05) is 24.3 Å². The summed E-state index contributed by atoms with van der Waals surface area (Å²) in [5.41, 5.74) is 13.9. The Balaban J connectivity index is 0. The van der Waals surface area contributed by atoms with Gasteiger partial charge in [-0.3, -0.25) is 0 Å². The lowest BCUT2D eigenvalue weighted by atomic mass is 10.1. The number of H-pyrrole nitrogens is 1. The Morgan fingerprint density at radius 1 is 0.767 bits per heavy atom. The predicted molar refractivity (Wildman–Crippen MR) is 106 cm³/mol. The summed E-state index contributed by atoms with van der Waals surface area (Å²) >= 11 is 4.86. The van der Waals surface area contributed by atoms with Crippen LogP contribution in [0.25, 0.3) is 11.1 Å². The molecule has 30 heavy (non-hydrogen) atoms. The van der Waals surface area contributed by atoms with Crippen molar-refractivity contribution in [1.29, 1.82) is 0 Å². The number of hydrogen-bond donors (Lipinski definition) is 12. The number of nitrogen functional groups attached to an aromatic ring is 2. The second-order valence-corrected chi connectivity index (χ2v) is 8.13. The van der Waals surface area contributed by atoms with Gasteiger partial charge in [-0.1, -0.05) is 12.1 Å². The van der Waals surface area contributed by atoms with Crippen molar-refractivity contribution in [3.8, 4) is 11.1 Å². The van der Waals surface area contributed by atoms with Crippen molar-refractivity contribution >= 4 is 47.2 Å². The largest absolute Gasteiger partial charge is 0.466 e. The van der Waals surface area contributed by atoms with Gasteiger partial charge in [0.25, 0.3) is 0 Å². The number of phosphoric acid groups is 3. The average Bonchev–Trinajstić information content (AvgIpc) is 2.43. The highest BCUT2D eigenvalue weighted by Crippen LogP contribution is 2.27. The van der Waals surface area contributed by atoms with Crippen LogP contribution in [0.2, 0.25) is 0 Å². The lowest BCUT2D eigenvalue weighted by Crippen LogP contribution is -1.96. The minimum Gasteiger partial charge on any atom is -0.399 e. The molecule has 172 valence electrons. The molecule has 2 rings (SSSR count). The highest BCUT2D eigenvalue weighted by molar-refractivity contribution is 7.71. The summed E-state index contributed by atoms with van der Waals surface area (Å²) in [7, 11) is -13.9. The predicted octanol–water partition coefficient (Wildman–Crippen LogP) is -0.815. The zero-order chi connectivity index (χ0) is 24.3. The molecule has 1 aromatic carbocycles. The van der Waals surface area contributed by atoms with Gasteiger partial charge in [0.15, 0.2) is 4.77 Å². The molecule has 0 aliphatic heterocycles. The highest BCUT2D eigenvalue weighted by atomic mass is 32.1. The monoisotopic (exact) mass is 512 g/mol. The van der Waals surface area contributed by atoms with Crippen LogP contribution in [0.15, 0.2) is 30.5 Å². The van der Waals surface area contributed by atoms with E-state index in [2.05, 4.69) is 9.97 Å². The summed E-state index contributed by atoms with van der Waals surface area (Å²) in [6.07, 6.45) is 1.75. The molecule has 14 N–H and O–H groups in total. The first kappa shape index (κ1) is 30.6.